The third-order valence-electron chi connectivity index (χ3n) is 2.90. The molecule has 112 valence electrons. The zero-order valence-electron chi connectivity index (χ0n) is 11.7. The third kappa shape index (κ3) is 2.98. The van der Waals surface area contributed by atoms with Crippen molar-refractivity contribution in [2.45, 2.75) is 6.61 Å². The number of carbonyl (C=O) groups excluding carboxylic acids is 1. The van der Waals surface area contributed by atoms with Gasteiger partial charge >= 0.3 is 5.97 Å². The zero-order valence-corrected chi connectivity index (χ0v) is 11.7. The first-order chi connectivity index (χ1) is 10.8. The van der Waals surface area contributed by atoms with Crippen LogP contribution in [0.2, 0.25) is 0 Å². The number of benzene rings is 1. The van der Waals surface area contributed by atoms with E-state index in [0.29, 0.717) is 17.2 Å². The van der Waals surface area contributed by atoms with Crippen LogP contribution in [0, 0.1) is 0 Å². The minimum atomic E-state index is -0.608. The number of aromatic nitrogens is 2. The molecule has 0 N–H and O–H groups in total. The molecular formula is C15H12N2O5. The van der Waals surface area contributed by atoms with Crippen molar-refractivity contribution in [1.82, 2.24) is 10.3 Å². The Balaban J connectivity index is 1.67. The Morgan fingerprint density at radius 3 is 2.91 bits per heavy atom. The molecule has 7 heteroatoms. The molecule has 3 rings (SSSR count). The topological polar surface area (TPSA) is 87.6 Å². The summed E-state index contributed by atoms with van der Waals surface area (Å²) in [6, 6.07) is 10.5. The Kier molecular flexibility index (Phi) is 3.86. The van der Waals surface area contributed by atoms with Crippen molar-refractivity contribution in [2.75, 3.05) is 7.11 Å². The summed E-state index contributed by atoms with van der Waals surface area (Å²) in [6.45, 7) is -0.0208. The van der Waals surface area contributed by atoms with E-state index in [4.69, 9.17) is 18.5 Å². The van der Waals surface area contributed by atoms with Crippen LogP contribution in [0.15, 0.2) is 51.6 Å². The first-order valence-electron chi connectivity index (χ1n) is 6.44. The van der Waals surface area contributed by atoms with E-state index in [0.717, 1.165) is 5.56 Å². The minimum Gasteiger partial charge on any atom is -0.497 e. The van der Waals surface area contributed by atoms with Gasteiger partial charge in [-0.2, -0.15) is 0 Å². The Morgan fingerprint density at radius 2 is 2.14 bits per heavy atom. The number of nitrogens with zero attached hydrogens (tertiary/aromatic N) is 2. The molecule has 0 spiro atoms. The van der Waals surface area contributed by atoms with Gasteiger partial charge in [0, 0.05) is 17.7 Å². The quantitative estimate of drug-likeness (QED) is 0.669. The first kappa shape index (κ1) is 13.9. The van der Waals surface area contributed by atoms with Gasteiger partial charge in [0.15, 0.2) is 5.76 Å². The second kappa shape index (κ2) is 6.13. The van der Waals surface area contributed by atoms with Gasteiger partial charge in [-0.05, 0) is 12.1 Å². The fraction of sp³-hybridized carbons (Fsp3) is 0.133. The lowest BCUT2D eigenvalue weighted by atomic mass is 10.1. The van der Waals surface area contributed by atoms with Crippen LogP contribution in [0.5, 0.6) is 5.75 Å². The smallest absolute Gasteiger partial charge is 0.377 e. The molecule has 3 aromatic rings. The molecule has 0 fully saturated rings. The van der Waals surface area contributed by atoms with Crippen molar-refractivity contribution in [1.29, 1.82) is 0 Å². The number of rotatable bonds is 5. The molecule has 0 radical (unpaired) electrons. The Bertz CT molecular complexity index is 764. The van der Waals surface area contributed by atoms with Crippen molar-refractivity contribution in [2.24, 2.45) is 0 Å². The molecule has 0 saturated carbocycles. The van der Waals surface area contributed by atoms with Gasteiger partial charge in [0.2, 0.25) is 5.76 Å². The zero-order chi connectivity index (χ0) is 15.4. The van der Waals surface area contributed by atoms with Crippen molar-refractivity contribution in [3.63, 3.8) is 0 Å². The highest BCUT2D eigenvalue weighted by molar-refractivity contribution is 5.85. The molecule has 0 saturated heterocycles. The third-order valence-corrected chi connectivity index (χ3v) is 2.90. The van der Waals surface area contributed by atoms with E-state index in [9.17, 15) is 4.79 Å². The molecule has 0 atom stereocenters. The average Bonchev–Trinajstić information content (AvgIpc) is 3.24. The van der Waals surface area contributed by atoms with Crippen LogP contribution in [0.4, 0.5) is 0 Å². The number of esters is 1. The van der Waals surface area contributed by atoms with E-state index in [1.54, 1.807) is 13.2 Å². The normalized spacial score (nSPS) is 10.4. The molecule has 22 heavy (non-hydrogen) atoms. The maximum atomic E-state index is 11.6. The number of carbonyl (C=O) groups is 1. The maximum Gasteiger partial charge on any atom is 0.377 e. The van der Waals surface area contributed by atoms with Crippen molar-refractivity contribution in [3.8, 4) is 17.1 Å². The first-order valence-corrected chi connectivity index (χ1v) is 6.44. The summed E-state index contributed by atoms with van der Waals surface area (Å²) in [7, 11) is 1.59. The van der Waals surface area contributed by atoms with Crippen LogP contribution in [0.3, 0.4) is 0 Å². The van der Waals surface area contributed by atoms with Gasteiger partial charge in [-0.15, -0.1) is 0 Å². The summed E-state index contributed by atoms with van der Waals surface area (Å²) in [6.07, 6.45) is 1.37. The monoisotopic (exact) mass is 300 g/mol. The van der Waals surface area contributed by atoms with Gasteiger partial charge in [-0.3, -0.25) is 0 Å². The van der Waals surface area contributed by atoms with Crippen LogP contribution in [-0.2, 0) is 11.3 Å². The number of hydrogen-bond donors (Lipinski definition) is 0. The fourth-order valence-electron chi connectivity index (χ4n) is 1.82. The van der Waals surface area contributed by atoms with E-state index in [1.807, 2.05) is 24.3 Å². The highest BCUT2D eigenvalue weighted by Gasteiger charge is 2.13. The van der Waals surface area contributed by atoms with E-state index >= 15 is 0 Å². The molecule has 0 aliphatic heterocycles. The highest BCUT2D eigenvalue weighted by Crippen LogP contribution is 2.24. The fourth-order valence-corrected chi connectivity index (χ4v) is 1.82. The van der Waals surface area contributed by atoms with Crippen LogP contribution in [-0.4, -0.2) is 23.4 Å². The van der Waals surface area contributed by atoms with Gasteiger partial charge in [0.05, 0.1) is 13.3 Å². The van der Waals surface area contributed by atoms with Crippen LogP contribution < -0.4 is 4.74 Å². The molecule has 1 aromatic carbocycles. The lowest BCUT2D eigenvalue weighted by molar-refractivity contribution is 0.0417. The molecular weight excluding hydrogens is 288 g/mol. The molecule has 0 unspecified atom stereocenters. The van der Waals surface area contributed by atoms with E-state index in [2.05, 4.69) is 10.3 Å². The van der Waals surface area contributed by atoms with Gasteiger partial charge < -0.3 is 18.5 Å². The van der Waals surface area contributed by atoms with Gasteiger partial charge in [-0.1, -0.05) is 22.4 Å². The Morgan fingerprint density at radius 1 is 1.23 bits per heavy atom. The summed E-state index contributed by atoms with van der Waals surface area (Å²) in [4.78, 5) is 11.6. The highest BCUT2D eigenvalue weighted by atomic mass is 16.6. The summed E-state index contributed by atoms with van der Waals surface area (Å²) in [5, 5.41) is 7.30. The minimum absolute atomic E-state index is 0.0208. The van der Waals surface area contributed by atoms with E-state index in [-0.39, 0.29) is 12.4 Å². The summed E-state index contributed by atoms with van der Waals surface area (Å²) in [5.41, 5.74) is 1.31. The van der Waals surface area contributed by atoms with E-state index in [1.165, 1.54) is 12.3 Å². The lowest BCUT2D eigenvalue weighted by Gasteiger charge is -2.00. The SMILES string of the molecule is COc1cccc(-c2cc(COC(=O)c3ccno3)no2)c1. The maximum absolute atomic E-state index is 11.6. The second-order valence-electron chi connectivity index (χ2n) is 4.37. The lowest BCUT2D eigenvalue weighted by Crippen LogP contribution is -2.03. The second-order valence-corrected chi connectivity index (χ2v) is 4.37. The predicted molar refractivity (Wildman–Crippen MR) is 74.1 cm³/mol. The average molecular weight is 300 g/mol. The summed E-state index contributed by atoms with van der Waals surface area (Å²) in [5.74, 6) is 0.705. The van der Waals surface area contributed by atoms with Gasteiger partial charge in [0.1, 0.15) is 18.1 Å². The van der Waals surface area contributed by atoms with Crippen molar-refractivity contribution in [3.05, 3.63) is 54.0 Å². The van der Waals surface area contributed by atoms with E-state index < -0.39 is 5.97 Å². The molecule has 0 amide bonds. The van der Waals surface area contributed by atoms with Gasteiger partial charge in [-0.25, -0.2) is 4.79 Å². The van der Waals surface area contributed by atoms with Crippen molar-refractivity contribution < 1.29 is 23.3 Å². The predicted octanol–water partition coefficient (Wildman–Crippen LogP) is 2.70. The Hall–Kier alpha value is -3.09. The Labute approximate surface area is 125 Å². The van der Waals surface area contributed by atoms with Crippen molar-refractivity contribution >= 4 is 5.97 Å². The molecule has 0 bridgehead atoms. The standard InChI is InChI=1S/C15H12N2O5/c1-19-12-4-2-3-10(7-12)14-8-11(17-22-14)9-20-15(18)13-5-6-16-21-13/h2-8H,9H2,1H3. The number of ether oxygens (including phenoxy) is 2. The summed E-state index contributed by atoms with van der Waals surface area (Å²) >= 11 is 0. The van der Waals surface area contributed by atoms with Crippen LogP contribution in [0.1, 0.15) is 16.2 Å². The largest absolute Gasteiger partial charge is 0.497 e. The van der Waals surface area contributed by atoms with Crippen LogP contribution in [0.25, 0.3) is 11.3 Å². The van der Waals surface area contributed by atoms with Gasteiger partial charge in [0.25, 0.3) is 0 Å². The number of methoxy groups -OCH3 is 1. The van der Waals surface area contributed by atoms with Crippen LogP contribution >= 0.6 is 0 Å². The molecule has 2 aromatic heterocycles. The summed E-state index contributed by atoms with van der Waals surface area (Å²) < 4.78 is 20.1. The molecule has 0 aliphatic rings. The number of hydrogen-bond acceptors (Lipinski definition) is 7. The molecule has 0 aliphatic carbocycles. The molecule has 2 heterocycles. The molecule has 7 nitrogen and oxygen atoms in total.